The van der Waals surface area contributed by atoms with E-state index in [1.165, 1.54) is 29.5 Å². The summed E-state index contributed by atoms with van der Waals surface area (Å²) in [5.41, 5.74) is 3.74. The Labute approximate surface area is 127 Å². The van der Waals surface area contributed by atoms with Gasteiger partial charge in [-0.2, -0.15) is 0 Å². The molecule has 1 N–H and O–H groups in total. The first-order valence-electron chi connectivity index (χ1n) is 7.77. The Hall–Kier alpha value is -1.80. The molecule has 110 valence electrons. The second kappa shape index (κ2) is 6.31. The standard InChI is InChI=1S/C19H23NO/c1-14-8-11-19(17(12-14)13-20-18-9-10-18)21-15(2)16-6-4-3-5-7-16/h3-8,11-12,15,18,20H,9-10,13H2,1-2H3. The summed E-state index contributed by atoms with van der Waals surface area (Å²) in [4.78, 5) is 0. The van der Waals surface area contributed by atoms with E-state index >= 15 is 0 Å². The van der Waals surface area contributed by atoms with E-state index in [4.69, 9.17) is 4.74 Å². The van der Waals surface area contributed by atoms with Gasteiger partial charge < -0.3 is 10.1 Å². The van der Waals surface area contributed by atoms with Crippen LogP contribution in [0.15, 0.2) is 48.5 Å². The molecule has 0 heterocycles. The monoisotopic (exact) mass is 281 g/mol. The maximum absolute atomic E-state index is 6.20. The molecule has 0 spiro atoms. The van der Waals surface area contributed by atoms with Crippen molar-refractivity contribution in [2.45, 2.75) is 45.4 Å². The molecule has 1 saturated carbocycles. The zero-order valence-electron chi connectivity index (χ0n) is 12.8. The molecule has 2 heteroatoms. The van der Waals surface area contributed by atoms with Crippen molar-refractivity contribution in [2.24, 2.45) is 0 Å². The molecule has 0 amide bonds. The summed E-state index contributed by atoms with van der Waals surface area (Å²) in [5.74, 6) is 0.991. The van der Waals surface area contributed by atoms with E-state index in [0.29, 0.717) is 6.04 Å². The fourth-order valence-electron chi connectivity index (χ4n) is 2.49. The van der Waals surface area contributed by atoms with Crippen molar-refractivity contribution in [2.75, 3.05) is 0 Å². The number of benzene rings is 2. The second-order valence-electron chi connectivity index (χ2n) is 5.94. The van der Waals surface area contributed by atoms with Crippen molar-refractivity contribution in [3.63, 3.8) is 0 Å². The molecule has 0 bridgehead atoms. The highest BCUT2D eigenvalue weighted by atomic mass is 16.5. The zero-order valence-corrected chi connectivity index (χ0v) is 12.8. The van der Waals surface area contributed by atoms with Crippen molar-refractivity contribution >= 4 is 0 Å². The lowest BCUT2D eigenvalue weighted by atomic mass is 10.1. The first-order valence-corrected chi connectivity index (χ1v) is 7.77. The van der Waals surface area contributed by atoms with Crippen LogP contribution >= 0.6 is 0 Å². The topological polar surface area (TPSA) is 21.3 Å². The summed E-state index contributed by atoms with van der Waals surface area (Å²) in [5, 5.41) is 3.57. The Bertz CT molecular complexity index is 590. The number of hydrogen-bond acceptors (Lipinski definition) is 2. The SMILES string of the molecule is Cc1ccc(OC(C)c2ccccc2)c(CNC2CC2)c1. The van der Waals surface area contributed by atoms with Crippen LogP contribution in [0.5, 0.6) is 5.75 Å². The van der Waals surface area contributed by atoms with Gasteiger partial charge in [0.15, 0.2) is 0 Å². The average Bonchev–Trinajstić information content (AvgIpc) is 3.32. The maximum atomic E-state index is 6.20. The smallest absolute Gasteiger partial charge is 0.124 e. The third-order valence-corrected chi connectivity index (χ3v) is 3.95. The lowest BCUT2D eigenvalue weighted by Gasteiger charge is -2.18. The average molecular weight is 281 g/mol. The lowest BCUT2D eigenvalue weighted by Crippen LogP contribution is -2.16. The number of ether oxygens (including phenoxy) is 1. The molecule has 0 aromatic heterocycles. The van der Waals surface area contributed by atoms with Gasteiger partial charge >= 0.3 is 0 Å². The molecule has 1 atom stereocenters. The van der Waals surface area contributed by atoms with Gasteiger partial charge in [-0.15, -0.1) is 0 Å². The van der Waals surface area contributed by atoms with E-state index in [1.807, 2.05) is 6.07 Å². The molecule has 0 saturated heterocycles. The van der Waals surface area contributed by atoms with Crippen LogP contribution < -0.4 is 10.1 Å². The first kappa shape index (κ1) is 14.2. The number of hydrogen-bond donors (Lipinski definition) is 1. The van der Waals surface area contributed by atoms with E-state index in [2.05, 4.69) is 61.6 Å². The molecule has 2 aromatic rings. The molecule has 1 aliphatic carbocycles. The van der Waals surface area contributed by atoms with Crippen LogP contribution in [0, 0.1) is 6.92 Å². The summed E-state index contributed by atoms with van der Waals surface area (Å²) < 4.78 is 6.20. The molecule has 0 aliphatic heterocycles. The van der Waals surface area contributed by atoms with Crippen LogP contribution in [-0.4, -0.2) is 6.04 Å². The molecule has 2 nitrogen and oxygen atoms in total. The predicted octanol–water partition coefficient (Wildman–Crippen LogP) is 4.39. The van der Waals surface area contributed by atoms with Crippen molar-refractivity contribution in [1.29, 1.82) is 0 Å². The van der Waals surface area contributed by atoms with E-state index in [9.17, 15) is 0 Å². The van der Waals surface area contributed by atoms with Gasteiger partial charge in [-0.25, -0.2) is 0 Å². The molecule has 21 heavy (non-hydrogen) atoms. The van der Waals surface area contributed by atoms with Crippen LogP contribution in [0.1, 0.15) is 42.6 Å². The van der Waals surface area contributed by atoms with Crippen molar-refractivity contribution < 1.29 is 4.74 Å². The minimum Gasteiger partial charge on any atom is -0.486 e. The van der Waals surface area contributed by atoms with Crippen LogP contribution in [0.3, 0.4) is 0 Å². The van der Waals surface area contributed by atoms with E-state index in [-0.39, 0.29) is 6.10 Å². The Balaban J connectivity index is 1.73. The second-order valence-corrected chi connectivity index (χ2v) is 5.94. The third-order valence-electron chi connectivity index (χ3n) is 3.95. The quantitative estimate of drug-likeness (QED) is 0.848. The Morgan fingerprint density at radius 2 is 1.90 bits per heavy atom. The Morgan fingerprint density at radius 1 is 1.14 bits per heavy atom. The molecule has 1 fully saturated rings. The maximum Gasteiger partial charge on any atom is 0.124 e. The number of nitrogens with one attached hydrogen (secondary N) is 1. The van der Waals surface area contributed by atoms with Gasteiger partial charge in [0.1, 0.15) is 11.9 Å². The van der Waals surface area contributed by atoms with Crippen LogP contribution in [0.2, 0.25) is 0 Å². The predicted molar refractivity (Wildman–Crippen MR) is 86.5 cm³/mol. The van der Waals surface area contributed by atoms with E-state index in [0.717, 1.165) is 12.3 Å². The van der Waals surface area contributed by atoms with Gasteiger partial charge in [-0.1, -0.05) is 48.0 Å². The normalized spacial score (nSPS) is 15.7. The molecular weight excluding hydrogens is 258 g/mol. The van der Waals surface area contributed by atoms with Gasteiger partial charge in [0.25, 0.3) is 0 Å². The Morgan fingerprint density at radius 3 is 2.62 bits per heavy atom. The van der Waals surface area contributed by atoms with Gasteiger partial charge in [0.2, 0.25) is 0 Å². The fourth-order valence-corrected chi connectivity index (χ4v) is 2.49. The molecule has 3 rings (SSSR count). The minimum absolute atomic E-state index is 0.0635. The summed E-state index contributed by atoms with van der Waals surface area (Å²) in [6, 6.07) is 17.5. The molecule has 0 radical (unpaired) electrons. The summed E-state index contributed by atoms with van der Waals surface area (Å²) in [6.45, 7) is 5.13. The lowest BCUT2D eigenvalue weighted by molar-refractivity contribution is 0.224. The van der Waals surface area contributed by atoms with Gasteiger partial charge in [0.05, 0.1) is 0 Å². The third kappa shape index (κ3) is 3.85. The first-order chi connectivity index (χ1) is 10.2. The molecule has 1 unspecified atom stereocenters. The van der Waals surface area contributed by atoms with E-state index < -0.39 is 0 Å². The van der Waals surface area contributed by atoms with Crippen LogP contribution in [-0.2, 0) is 6.54 Å². The van der Waals surface area contributed by atoms with Crippen LogP contribution in [0.25, 0.3) is 0 Å². The highest BCUT2D eigenvalue weighted by molar-refractivity contribution is 5.37. The van der Waals surface area contributed by atoms with Crippen LogP contribution in [0.4, 0.5) is 0 Å². The minimum atomic E-state index is 0.0635. The highest BCUT2D eigenvalue weighted by Crippen LogP contribution is 2.27. The molecule has 1 aliphatic rings. The van der Waals surface area contributed by atoms with Gasteiger partial charge in [0, 0.05) is 18.2 Å². The Kier molecular flexibility index (Phi) is 4.26. The summed E-state index contributed by atoms with van der Waals surface area (Å²) in [7, 11) is 0. The summed E-state index contributed by atoms with van der Waals surface area (Å²) in [6.07, 6.45) is 2.68. The van der Waals surface area contributed by atoms with Crippen molar-refractivity contribution in [1.82, 2.24) is 5.32 Å². The molecule has 2 aromatic carbocycles. The van der Waals surface area contributed by atoms with Crippen molar-refractivity contribution in [3.8, 4) is 5.75 Å². The zero-order chi connectivity index (χ0) is 14.7. The fraction of sp³-hybridized carbons (Fsp3) is 0.368. The largest absolute Gasteiger partial charge is 0.486 e. The number of rotatable bonds is 6. The number of aryl methyl sites for hydroxylation is 1. The highest BCUT2D eigenvalue weighted by Gasteiger charge is 2.21. The summed E-state index contributed by atoms with van der Waals surface area (Å²) >= 11 is 0. The van der Waals surface area contributed by atoms with Crippen molar-refractivity contribution in [3.05, 3.63) is 65.2 Å². The van der Waals surface area contributed by atoms with Gasteiger partial charge in [-0.3, -0.25) is 0 Å². The van der Waals surface area contributed by atoms with Gasteiger partial charge in [-0.05, 0) is 38.3 Å². The molecular formula is C19H23NO. The van der Waals surface area contributed by atoms with E-state index in [1.54, 1.807) is 0 Å².